The van der Waals surface area contributed by atoms with E-state index in [1.54, 1.807) is 7.11 Å². The van der Waals surface area contributed by atoms with Crippen molar-refractivity contribution in [2.24, 2.45) is 5.92 Å². The van der Waals surface area contributed by atoms with Crippen molar-refractivity contribution in [1.29, 1.82) is 0 Å². The van der Waals surface area contributed by atoms with Crippen LogP contribution in [-0.4, -0.2) is 63.5 Å². The molecule has 1 N–H and O–H groups in total. The van der Waals surface area contributed by atoms with Crippen LogP contribution in [0.25, 0.3) is 0 Å². The third-order valence-electron chi connectivity index (χ3n) is 4.23. The molecule has 2 fully saturated rings. The summed E-state index contributed by atoms with van der Waals surface area (Å²) < 4.78 is 11.4. The molecule has 0 aliphatic carbocycles. The van der Waals surface area contributed by atoms with Gasteiger partial charge in [-0.05, 0) is 44.7 Å². The molecule has 0 spiro atoms. The molecule has 0 amide bonds. The van der Waals surface area contributed by atoms with Gasteiger partial charge in [0.15, 0.2) is 0 Å². The average Bonchev–Trinajstić information content (AvgIpc) is 3.01. The van der Waals surface area contributed by atoms with Gasteiger partial charge in [-0.1, -0.05) is 6.92 Å². The second kappa shape index (κ2) is 8.20. The molecule has 4 heteroatoms. The lowest BCUT2D eigenvalue weighted by molar-refractivity contribution is 0.0263. The fourth-order valence-corrected chi connectivity index (χ4v) is 3.24. The van der Waals surface area contributed by atoms with Gasteiger partial charge in [0.1, 0.15) is 0 Å². The van der Waals surface area contributed by atoms with Crippen LogP contribution in [0.3, 0.4) is 0 Å². The number of methoxy groups -OCH3 is 1. The highest BCUT2D eigenvalue weighted by Crippen LogP contribution is 2.23. The van der Waals surface area contributed by atoms with Gasteiger partial charge >= 0.3 is 0 Å². The molecule has 0 aromatic rings. The van der Waals surface area contributed by atoms with E-state index in [0.717, 1.165) is 32.2 Å². The molecule has 2 saturated heterocycles. The zero-order chi connectivity index (χ0) is 13.5. The Morgan fingerprint density at radius 3 is 2.89 bits per heavy atom. The van der Waals surface area contributed by atoms with E-state index in [-0.39, 0.29) is 0 Å². The van der Waals surface area contributed by atoms with Gasteiger partial charge < -0.3 is 19.7 Å². The quantitative estimate of drug-likeness (QED) is 0.678. The number of rotatable bonds is 8. The number of ether oxygens (including phenoxy) is 2. The Morgan fingerprint density at radius 2 is 2.11 bits per heavy atom. The Hall–Kier alpha value is -0.160. The molecule has 0 saturated carbocycles. The molecule has 112 valence electrons. The lowest BCUT2D eigenvalue weighted by Crippen LogP contribution is -2.33. The Morgan fingerprint density at radius 1 is 1.26 bits per heavy atom. The lowest BCUT2D eigenvalue weighted by Gasteiger charge is -2.21. The maximum absolute atomic E-state index is 6.13. The molecular formula is C15H30N2O2. The van der Waals surface area contributed by atoms with E-state index in [4.69, 9.17) is 9.47 Å². The molecule has 2 rings (SSSR count). The lowest BCUT2D eigenvalue weighted by atomic mass is 10.1. The van der Waals surface area contributed by atoms with Gasteiger partial charge in [-0.2, -0.15) is 0 Å². The first-order valence-corrected chi connectivity index (χ1v) is 7.89. The average molecular weight is 270 g/mol. The topological polar surface area (TPSA) is 33.7 Å². The van der Waals surface area contributed by atoms with Crippen LogP contribution in [0.5, 0.6) is 0 Å². The van der Waals surface area contributed by atoms with Crippen molar-refractivity contribution in [2.45, 2.75) is 44.8 Å². The molecule has 3 unspecified atom stereocenters. The third-order valence-corrected chi connectivity index (χ3v) is 4.23. The zero-order valence-electron chi connectivity index (χ0n) is 12.6. The summed E-state index contributed by atoms with van der Waals surface area (Å²) in [7, 11) is 1.80. The SMILES string of the molecule is CCCNCC1CCC(CN2CCC(COC)C2)O1. The predicted octanol–water partition coefficient (Wildman–Crippen LogP) is 1.50. The standard InChI is InChI=1S/C15H30N2O2/c1-3-7-16-9-14-4-5-15(19-14)11-17-8-6-13(10-17)12-18-2/h13-16H,3-12H2,1-2H3. The maximum atomic E-state index is 6.13. The molecule has 19 heavy (non-hydrogen) atoms. The summed E-state index contributed by atoms with van der Waals surface area (Å²) in [4.78, 5) is 2.55. The number of nitrogens with zero attached hydrogens (tertiary/aromatic N) is 1. The molecular weight excluding hydrogens is 240 g/mol. The summed E-state index contributed by atoms with van der Waals surface area (Å²) >= 11 is 0. The van der Waals surface area contributed by atoms with Crippen molar-refractivity contribution in [1.82, 2.24) is 10.2 Å². The number of likely N-dealkylation sites (tertiary alicyclic amines) is 1. The second-order valence-corrected chi connectivity index (χ2v) is 6.03. The number of nitrogens with one attached hydrogen (secondary N) is 1. The van der Waals surface area contributed by atoms with E-state index in [9.17, 15) is 0 Å². The second-order valence-electron chi connectivity index (χ2n) is 6.03. The van der Waals surface area contributed by atoms with Crippen LogP contribution in [0.2, 0.25) is 0 Å². The summed E-state index contributed by atoms with van der Waals surface area (Å²) in [5, 5.41) is 3.46. The van der Waals surface area contributed by atoms with Crippen LogP contribution in [0.15, 0.2) is 0 Å². The predicted molar refractivity (Wildman–Crippen MR) is 77.5 cm³/mol. The minimum Gasteiger partial charge on any atom is -0.384 e. The smallest absolute Gasteiger partial charge is 0.0707 e. The highest BCUT2D eigenvalue weighted by molar-refractivity contribution is 4.82. The van der Waals surface area contributed by atoms with Crippen molar-refractivity contribution in [3.63, 3.8) is 0 Å². The summed E-state index contributed by atoms with van der Waals surface area (Å²) in [6.07, 6.45) is 5.82. The Labute approximate surface area is 117 Å². The van der Waals surface area contributed by atoms with Crippen LogP contribution in [0.4, 0.5) is 0 Å². The van der Waals surface area contributed by atoms with Crippen LogP contribution >= 0.6 is 0 Å². The van der Waals surface area contributed by atoms with Crippen LogP contribution in [0.1, 0.15) is 32.6 Å². The van der Waals surface area contributed by atoms with Crippen molar-refractivity contribution >= 4 is 0 Å². The minimum absolute atomic E-state index is 0.439. The van der Waals surface area contributed by atoms with E-state index in [2.05, 4.69) is 17.1 Å². The maximum Gasteiger partial charge on any atom is 0.0707 e. The molecule has 2 aliphatic rings. The third kappa shape index (κ3) is 5.03. The van der Waals surface area contributed by atoms with Gasteiger partial charge in [0.2, 0.25) is 0 Å². The largest absolute Gasteiger partial charge is 0.384 e. The molecule has 0 radical (unpaired) electrons. The van der Waals surface area contributed by atoms with Gasteiger partial charge in [0.05, 0.1) is 18.8 Å². The molecule has 2 heterocycles. The van der Waals surface area contributed by atoms with E-state index in [1.165, 1.54) is 38.8 Å². The molecule has 4 nitrogen and oxygen atoms in total. The molecule has 3 atom stereocenters. The van der Waals surface area contributed by atoms with Gasteiger partial charge in [0.25, 0.3) is 0 Å². The number of hydrogen-bond donors (Lipinski definition) is 1. The van der Waals surface area contributed by atoms with E-state index >= 15 is 0 Å². The summed E-state index contributed by atoms with van der Waals surface area (Å²) in [6, 6.07) is 0. The van der Waals surface area contributed by atoms with E-state index in [1.807, 2.05) is 0 Å². The van der Waals surface area contributed by atoms with Gasteiger partial charge in [-0.15, -0.1) is 0 Å². The van der Waals surface area contributed by atoms with E-state index < -0.39 is 0 Å². The molecule has 0 aromatic carbocycles. The molecule has 2 aliphatic heterocycles. The Bertz CT molecular complexity index is 250. The normalized spacial score (nSPS) is 32.2. The van der Waals surface area contributed by atoms with Gasteiger partial charge in [-0.25, -0.2) is 0 Å². The zero-order valence-corrected chi connectivity index (χ0v) is 12.6. The summed E-state index contributed by atoms with van der Waals surface area (Å²) in [5.41, 5.74) is 0. The Kier molecular flexibility index (Phi) is 6.57. The first-order valence-electron chi connectivity index (χ1n) is 7.89. The molecule has 0 aromatic heterocycles. The number of hydrogen-bond acceptors (Lipinski definition) is 4. The summed E-state index contributed by atoms with van der Waals surface area (Å²) in [6.45, 7) is 8.76. The first-order chi connectivity index (χ1) is 9.31. The minimum atomic E-state index is 0.439. The van der Waals surface area contributed by atoms with Crippen molar-refractivity contribution in [2.75, 3.05) is 46.4 Å². The van der Waals surface area contributed by atoms with E-state index in [0.29, 0.717) is 12.2 Å². The monoisotopic (exact) mass is 270 g/mol. The molecule has 0 bridgehead atoms. The van der Waals surface area contributed by atoms with Crippen LogP contribution < -0.4 is 5.32 Å². The van der Waals surface area contributed by atoms with Gasteiger partial charge in [0, 0.05) is 26.7 Å². The highest BCUT2D eigenvalue weighted by Gasteiger charge is 2.29. The van der Waals surface area contributed by atoms with Crippen molar-refractivity contribution in [3.05, 3.63) is 0 Å². The fraction of sp³-hybridized carbons (Fsp3) is 1.00. The fourth-order valence-electron chi connectivity index (χ4n) is 3.24. The van der Waals surface area contributed by atoms with Crippen molar-refractivity contribution < 1.29 is 9.47 Å². The van der Waals surface area contributed by atoms with Crippen LogP contribution in [0, 0.1) is 5.92 Å². The summed E-state index contributed by atoms with van der Waals surface area (Å²) in [5.74, 6) is 0.730. The van der Waals surface area contributed by atoms with Gasteiger partial charge in [-0.3, -0.25) is 0 Å². The van der Waals surface area contributed by atoms with Crippen molar-refractivity contribution in [3.8, 4) is 0 Å². The Balaban J connectivity index is 1.60. The van der Waals surface area contributed by atoms with Crippen LogP contribution in [-0.2, 0) is 9.47 Å². The highest BCUT2D eigenvalue weighted by atomic mass is 16.5. The first kappa shape index (κ1) is 15.2.